The molecule has 0 saturated carbocycles. The van der Waals surface area contributed by atoms with Crippen LogP contribution in [0.2, 0.25) is 5.02 Å². The van der Waals surface area contributed by atoms with Gasteiger partial charge in [-0.1, -0.05) is 51.8 Å². The van der Waals surface area contributed by atoms with Gasteiger partial charge in [-0.15, -0.1) is 0 Å². The largest absolute Gasteiger partial charge is 0.397 e. The van der Waals surface area contributed by atoms with Crippen molar-refractivity contribution in [2.24, 2.45) is 0 Å². The Balaban J connectivity index is 1.88. The van der Waals surface area contributed by atoms with Crippen molar-refractivity contribution in [2.75, 3.05) is 5.73 Å². The molecule has 0 bridgehead atoms. The Labute approximate surface area is 150 Å². The fraction of sp³-hybridized carbons (Fsp3) is 0. The van der Waals surface area contributed by atoms with Crippen LogP contribution in [0.1, 0.15) is 0 Å². The quantitative estimate of drug-likeness (QED) is 0.582. The minimum atomic E-state index is -1.28. The van der Waals surface area contributed by atoms with Crippen molar-refractivity contribution in [3.8, 4) is 11.1 Å². The van der Waals surface area contributed by atoms with Crippen LogP contribution in [0.5, 0.6) is 0 Å². The Hall–Kier alpha value is -1.62. The molecule has 2 N–H and O–H groups in total. The highest BCUT2D eigenvalue weighted by Gasteiger charge is 2.09. The van der Waals surface area contributed by atoms with Gasteiger partial charge in [0, 0.05) is 14.3 Å². The van der Waals surface area contributed by atoms with Gasteiger partial charge in [-0.2, -0.15) is 0 Å². The Morgan fingerprint density at radius 3 is 1.91 bits per heavy atom. The molecule has 0 aliphatic rings. The first kappa shape index (κ1) is 16.2. The second kappa shape index (κ2) is 6.87. The van der Waals surface area contributed by atoms with E-state index in [4.69, 9.17) is 17.3 Å². The minimum absolute atomic E-state index is 0.434. The molecule has 0 aliphatic heterocycles. The van der Waals surface area contributed by atoms with Gasteiger partial charge in [0.15, 0.2) is 0 Å². The number of hydrogen-bond donors (Lipinski definition) is 1. The van der Waals surface area contributed by atoms with Crippen LogP contribution in [0.15, 0.2) is 81.0 Å². The van der Waals surface area contributed by atoms with Gasteiger partial charge < -0.3 is 5.73 Å². The third kappa shape index (κ3) is 3.66. The van der Waals surface area contributed by atoms with Crippen molar-refractivity contribution in [2.45, 2.75) is 9.79 Å². The summed E-state index contributed by atoms with van der Waals surface area (Å²) in [6.45, 7) is 0. The summed E-state index contributed by atoms with van der Waals surface area (Å²) in [4.78, 5) is 1.37. The zero-order chi connectivity index (χ0) is 16.4. The third-order valence-corrected chi connectivity index (χ3v) is 5.68. The summed E-state index contributed by atoms with van der Waals surface area (Å²) in [5.41, 5.74) is 8.40. The molecule has 3 aromatic carbocycles. The summed E-state index contributed by atoms with van der Waals surface area (Å²) in [7, 11) is -1.28. The van der Waals surface area contributed by atoms with Crippen LogP contribution in [0.25, 0.3) is 11.1 Å². The first-order valence-electron chi connectivity index (χ1n) is 6.87. The fourth-order valence-corrected chi connectivity index (χ4v) is 3.65. The lowest BCUT2D eigenvalue weighted by Crippen LogP contribution is -1.95. The van der Waals surface area contributed by atoms with E-state index in [9.17, 15) is 4.21 Å². The lowest BCUT2D eigenvalue weighted by molar-refractivity contribution is 0.683. The maximum absolute atomic E-state index is 12.6. The van der Waals surface area contributed by atoms with Gasteiger partial charge in [0.25, 0.3) is 0 Å². The van der Waals surface area contributed by atoms with Crippen molar-refractivity contribution in [3.63, 3.8) is 0 Å². The van der Waals surface area contributed by atoms with E-state index in [2.05, 4.69) is 15.9 Å². The average Bonchev–Trinajstić information content (AvgIpc) is 2.57. The number of hydrogen-bond acceptors (Lipinski definition) is 2. The topological polar surface area (TPSA) is 43.1 Å². The summed E-state index contributed by atoms with van der Waals surface area (Å²) in [5.74, 6) is 0. The zero-order valence-corrected chi connectivity index (χ0v) is 15.2. The highest BCUT2D eigenvalue weighted by molar-refractivity contribution is 9.10. The molecule has 0 fully saturated rings. The predicted molar refractivity (Wildman–Crippen MR) is 100 cm³/mol. The van der Waals surface area contributed by atoms with Gasteiger partial charge in [0.05, 0.1) is 21.5 Å². The van der Waals surface area contributed by atoms with Gasteiger partial charge >= 0.3 is 0 Å². The first-order chi connectivity index (χ1) is 11.0. The lowest BCUT2D eigenvalue weighted by Gasteiger charge is -2.07. The third-order valence-electron chi connectivity index (χ3n) is 3.43. The van der Waals surface area contributed by atoms with Crippen LogP contribution in [-0.4, -0.2) is 4.21 Å². The van der Waals surface area contributed by atoms with E-state index in [0.29, 0.717) is 15.6 Å². The van der Waals surface area contributed by atoms with Crippen LogP contribution in [0.4, 0.5) is 5.69 Å². The molecule has 116 valence electrons. The van der Waals surface area contributed by atoms with Crippen LogP contribution in [0, 0.1) is 0 Å². The molecule has 5 heteroatoms. The van der Waals surface area contributed by atoms with Crippen LogP contribution < -0.4 is 5.73 Å². The first-order valence-corrected chi connectivity index (χ1v) is 9.19. The van der Waals surface area contributed by atoms with E-state index < -0.39 is 10.8 Å². The fourth-order valence-electron chi connectivity index (χ4n) is 2.19. The molecule has 2 nitrogen and oxygen atoms in total. The summed E-state index contributed by atoms with van der Waals surface area (Å²) >= 11 is 9.33. The van der Waals surface area contributed by atoms with E-state index in [1.54, 1.807) is 18.2 Å². The van der Waals surface area contributed by atoms with Crippen LogP contribution in [0.3, 0.4) is 0 Å². The van der Waals surface area contributed by atoms with Crippen molar-refractivity contribution in [3.05, 3.63) is 76.2 Å². The predicted octanol–water partition coefficient (Wildman–Crippen LogP) is 5.52. The number of halogens is 2. The molecule has 0 amide bonds. The highest BCUT2D eigenvalue weighted by Crippen LogP contribution is 2.26. The number of nitrogens with two attached hydrogens (primary N) is 1. The minimum Gasteiger partial charge on any atom is -0.397 e. The molecule has 0 radical (unpaired) electrons. The number of benzene rings is 3. The maximum atomic E-state index is 12.6. The van der Waals surface area contributed by atoms with Gasteiger partial charge in [-0.3, -0.25) is 0 Å². The number of nitrogen functional groups attached to an aromatic ring is 1. The Morgan fingerprint density at radius 2 is 1.35 bits per heavy atom. The Morgan fingerprint density at radius 1 is 0.826 bits per heavy atom. The zero-order valence-electron chi connectivity index (χ0n) is 12.0. The van der Waals surface area contributed by atoms with Gasteiger partial charge in [0.2, 0.25) is 0 Å². The monoisotopic (exact) mass is 405 g/mol. The smallest absolute Gasteiger partial charge is 0.0850 e. The summed E-state index contributed by atoms with van der Waals surface area (Å²) in [6.07, 6.45) is 0. The Bertz CT molecular complexity index is 863. The molecular weight excluding hydrogens is 394 g/mol. The molecular formula is C18H13BrClNOS. The molecule has 0 aromatic heterocycles. The average molecular weight is 407 g/mol. The molecule has 1 atom stereocenters. The molecule has 0 saturated heterocycles. The summed E-state index contributed by atoms with van der Waals surface area (Å²) < 4.78 is 13.6. The standard InChI is InChI=1S/C18H13BrClNOS/c19-14-5-1-12(2-6-14)13-3-7-15(8-4-13)23(22)16-9-10-17(20)18(21)11-16/h1-11H,21H2. The normalized spacial score (nSPS) is 12.1. The highest BCUT2D eigenvalue weighted by atomic mass is 79.9. The van der Waals surface area contributed by atoms with E-state index in [-0.39, 0.29) is 0 Å². The molecule has 0 spiro atoms. The van der Waals surface area contributed by atoms with Gasteiger partial charge in [-0.05, 0) is 53.6 Å². The summed E-state index contributed by atoms with van der Waals surface area (Å²) in [6, 6.07) is 20.8. The molecule has 0 heterocycles. The van der Waals surface area contributed by atoms with E-state index >= 15 is 0 Å². The van der Waals surface area contributed by atoms with E-state index in [1.165, 1.54) is 0 Å². The van der Waals surface area contributed by atoms with Crippen molar-refractivity contribution >= 4 is 44.0 Å². The van der Waals surface area contributed by atoms with Crippen molar-refractivity contribution in [1.29, 1.82) is 0 Å². The molecule has 0 aliphatic carbocycles. The SMILES string of the molecule is Nc1cc(S(=O)c2ccc(-c3ccc(Br)cc3)cc2)ccc1Cl. The maximum Gasteiger partial charge on any atom is 0.0850 e. The number of anilines is 1. The van der Waals surface area contributed by atoms with Gasteiger partial charge in [-0.25, -0.2) is 4.21 Å². The molecule has 3 aromatic rings. The van der Waals surface area contributed by atoms with E-state index in [0.717, 1.165) is 20.5 Å². The second-order valence-corrected chi connectivity index (χ2v) is 7.79. The molecule has 23 heavy (non-hydrogen) atoms. The lowest BCUT2D eigenvalue weighted by atomic mass is 10.1. The van der Waals surface area contributed by atoms with Crippen molar-refractivity contribution in [1.82, 2.24) is 0 Å². The molecule has 3 rings (SSSR count). The second-order valence-electron chi connectivity index (χ2n) is 4.98. The number of rotatable bonds is 3. The van der Waals surface area contributed by atoms with Crippen LogP contribution >= 0.6 is 27.5 Å². The van der Waals surface area contributed by atoms with Gasteiger partial charge in [0.1, 0.15) is 0 Å². The van der Waals surface area contributed by atoms with Crippen LogP contribution in [-0.2, 0) is 10.8 Å². The Kier molecular flexibility index (Phi) is 4.85. The van der Waals surface area contributed by atoms with Crippen molar-refractivity contribution < 1.29 is 4.21 Å². The summed E-state index contributed by atoms with van der Waals surface area (Å²) in [5, 5.41) is 0.469. The molecule has 1 unspecified atom stereocenters. The van der Waals surface area contributed by atoms with E-state index in [1.807, 2.05) is 48.5 Å².